The molecule has 1 unspecified atom stereocenters. The number of anilines is 1. The highest BCUT2D eigenvalue weighted by molar-refractivity contribution is 8.03. The fourth-order valence-corrected chi connectivity index (χ4v) is 3.97. The molecule has 5 heteroatoms. The smallest absolute Gasteiger partial charge is 0.118 e. The Labute approximate surface area is 146 Å². The van der Waals surface area contributed by atoms with Crippen LogP contribution in [0, 0.1) is 0 Å². The molecule has 2 aromatic carbocycles. The lowest BCUT2D eigenvalue weighted by Gasteiger charge is -2.28. The normalized spacial score (nSPS) is 16.8. The van der Waals surface area contributed by atoms with E-state index in [1.807, 2.05) is 30.3 Å². The first-order chi connectivity index (χ1) is 11.2. The Kier molecular flexibility index (Phi) is 5.16. The first-order valence-electron chi connectivity index (χ1n) is 7.44. The minimum absolute atomic E-state index is 0.272. The molecule has 0 fully saturated rings. The molecule has 0 bridgehead atoms. The van der Waals surface area contributed by atoms with Crippen molar-refractivity contribution < 1.29 is 4.74 Å². The summed E-state index contributed by atoms with van der Waals surface area (Å²) in [5.74, 6) is 0.874. The lowest BCUT2D eigenvalue weighted by molar-refractivity contribution is 0.414. The van der Waals surface area contributed by atoms with Crippen LogP contribution in [0.1, 0.15) is 11.1 Å². The fraction of sp³-hybridized carbons (Fsp3) is 0.222. The summed E-state index contributed by atoms with van der Waals surface area (Å²) in [5.41, 5.74) is 9.22. The molecule has 2 aromatic rings. The Morgan fingerprint density at radius 1 is 1.22 bits per heavy atom. The minimum Gasteiger partial charge on any atom is -0.497 e. The summed E-state index contributed by atoms with van der Waals surface area (Å²) in [6.45, 7) is 0.472. The van der Waals surface area contributed by atoms with Crippen molar-refractivity contribution in [1.29, 1.82) is 0 Å². The van der Waals surface area contributed by atoms with Gasteiger partial charge >= 0.3 is 0 Å². The zero-order chi connectivity index (χ0) is 16.2. The van der Waals surface area contributed by atoms with E-state index in [0.29, 0.717) is 6.54 Å². The van der Waals surface area contributed by atoms with Gasteiger partial charge in [-0.15, -0.1) is 11.8 Å². The number of ether oxygens (including phenoxy) is 1. The number of hydrogen-bond acceptors (Lipinski definition) is 4. The standard InChI is InChI=1S/C18H19ClN2OS/c1-22-15-7-5-13(6-8-15)11-17-21(9-10-23-17)18-14(12-20)3-2-4-16(18)19/h2-10,17H,11-12,20H2,1H3. The predicted octanol–water partition coefficient (Wildman–Crippen LogP) is 4.40. The minimum atomic E-state index is 0.272. The van der Waals surface area contributed by atoms with Gasteiger partial charge in [-0.25, -0.2) is 0 Å². The Balaban J connectivity index is 1.84. The second-order valence-corrected chi connectivity index (χ2v) is 6.78. The van der Waals surface area contributed by atoms with Gasteiger partial charge < -0.3 is 15.4 Å². The Morgan fingerprint density at radius 2 is 2.00 bits per heavy atom. The topological polar surface area (TPSA) is 38.5 Å². The lowest BCUT2D eigenvalue weighted by atomic mass is 10.1. The van der Waals surface area contributed by atoms with E-state index in [1.54, 1.807) is 18.9 Å². The molecule has 120 valence electrons. The molecule has 1 aliphatic heterocycles. The van der Waals surface area contributed by atoms with Crippen LogP contribution in [0.4, 0.5) is 5.69 Å². The molecule has 1 heterocycles. The third-order valence-corrected chi connectivity index (χ3v) is 5.18. The zero-order valence-electron chi connectivity index (χ0n) is 12.9. The van der Waals surface area contributed by atoms with Gasteiger partial charge in [-0.2, -0.15) is 0 Å². The highest BCUT2D eigenvalue weighted by Crippen LogP contribution is 2.38. The highest BCUT2D eigenvalue weighted by Gasteiger charge is 2.25. The van der Waals surface area contributed by atoms with E-state index in [-0.39, 0.29) is 5.37 Å². The summed E-state index contributed by atoms with van der Waals surface area (Å²) in [6.07, 6.45) is 3.00. The third-order valence-electron chi connectivity index (χ3n) is 3.89. The second kappa shape index (κ2) is 7.30. The molecular formula is C18H19ClN2OS. The molecule has 0 aromatic heterocycles. The van der Waals surface area contributed by atoms with E-state index in [1.165, 1.54) is 5.56 Å². The van der Waals surface area contributed by atoms with Crippen molar-refractivity contribution in [2.24, 2.45) is 5.73 Å². The van der Waals surface area contributed by atoms with E-state index in [4.69, 9.17) is 22.1 Å². The maximum absolute atomic E-state index is 6.44. The average molecular weight is 347 g/mol. The molecule has 0 aliphatic carbocycles. The van der Waals surface area contributed by atoms with Gasteiger partial charge in [0.25, 0.3) is 0 Å². The number of thioether (sulfide) groups is 1. The molecule has 3 rings (SSSR count). The molecule has 1 aliphatic rings. The quantitative estimate of drug-likeness (QED) is 0.870. The van der Waals surface area contributed by atoms with Gasteiger partial charge in [0.1, 0.15) is 5.75 Å². The van der Waals surface area contributed by atoms with E-state index in [9.17, 15) is 0 Å². The monoisotopic (exact) mass is 346 g/mol. The Hall–Kier alpha value is -1.62. The van der Waals surface area contributed by atoms with Crippen LogP contribution < -0.4 is 15.4 Å². The first kappa shape index (κ1) is 16.2. The number of halogens is 1. The molecule has 1 atom stereocenters. The van der Waals surface area contributed by atoms with Crippen LogP contribution >= 0.6 is 23.4 Å². The Bertz CT molecular complexity index is 703. The van der Waals surface area contributed by atoms with Gasteiger partial charge in [0.2, 0.25) is 0 Å². The molecule has 0 saturated heterocycles. The predicted molar refractivity (Wildman–Crippen MR) is 99.0 cm³/mol. The summed E-state index contributed by atoms with van der Waals surface area (Å²) < 4.78 is 5.22. The van der Waals surface area contributed by atoms with Gasteiger partial charge in [-0.1, -0.05) is 35.9 Å². The molecule has 0 saturated carbocycles. The van der Waals surface area contributed by atoms with E-state index in [2.05, 4.69) is 28.6 Å². The maximum atomic E-state index is 6.44. The van der Waals surface area contributed by atoms with Crippen LogP contribution in [0.5, 0.6) is 5.75 Å². The number of methoxy groups -OCH3 is 1. The van der Waals surface area contributed by atoms with Gasteiger partial charge in [0, 0.05) is 19.2 Å². The number of benzene rings is 2. The van der Waals surface area contributed by atoms with Crippen molar-refractivity contribution in [2.75, 3.05) is 12.0 Å². The van der Waals surface area contributed by atoms with Crippen molar-refractivity contribution in [3.63, 3.8) is 0 Å². The Morgan fingerprint density at radius 3 is 2.70 bits per heavy atom. The lowest BCUT2D eigenvalue weighted by Crippen LogP contribution is -2.27. The van der Waals surface area contributed by atoms with Gasteiger partial charge in [0.05, 0.1) is 23.2 Å². The van der Waals surface area contributed by atoms with Gasteiger partial charge in [0.15, 0.2) is 0 Å². The molecule has 2 N–H and O–H groups in total. The number of para-hydroxylation sites is 1. The van der Waals surface area contributed by atoms with Crippen LogP contribution in [0.25, 0.3) is 0 Å². The molecule has 0 radical (unpaired) electrons. The average Bonchev–Trinajstić information content (AvgIpc) is 3.03. The zero-order valence-corrected chi connectivity index (χ0v) is 14.5. The SMILES string of the molecule is COc1ccc(CC2SC=CN2c2c(Cl)cccc2CN)cc1. The second-order valence-electron chi connectivity index (χ2n) is 5.29. The van der Waals surface area contributed by atoms with Crippen molar-refractivity contribution in [3.8, 4) is 5.75 Å². The highest BCUT2D eigenvalue weighted by atomic mass is 35.5. The number of hydrogen-bond donors (Lipinski definition) is 1. The number of rotatable bonds is 5. The largest absolute Gasteiger partial charge is 0.497 e. The van der Waals surface area contributed by atoms with Gasteiger partial charge in [-0.05, 0) is 34.7 Å². The van der Waals surface area contributed by atoms with Crippen LogP contribution in [-0.2, 0) is 13.0 Å². The van der Waals surface area contributed by atoms with E-state index < -0.39 is 0 Å². The van der Waals surface area contributed by atoms with Crippen molar-refractivity contribution >= 4 is 29.1 Å². The van der Waals surface area contributed by atoms with Crippen LogP contribution in [-0.4, -0.2) is 12.5 Å². The van der Waals surface area contributed by atoms with Crippen molar-refractivity contribution in [2.45, 2.75) is 18.3 Å². The summed E-state index contributed by atoms with van der Waals surface area (Å²) in [5, 5.41) is 3.12. The number of nitrogens with zero attached hydrogens (tertiary/aromatic N) is 1. The third kappa shape index (κ3) is 3.50. The summed E-state index contributed by atoms with van der Waals surface area (Å²) >= 11 is 8.23. The fourth-order valence-electron chi connectivity index (χ4n) is 2.70. The van der Waals surface area contributed by atoms with Crippen LogP contribution in [0.2, 0.25) is 5.02 Å². The molecule has 23 heavy (non-hydrogen) atoms. The van der Waals surface area contributed by atoms with Crippen LogP contribution in [0.15, 0.2) is 54.1 Å². The molecule has 0 spiro atoms. The summed E-state index contributed by atoms with van der Waals surface area (Å²) in [4.78, 5) is 2.22. The molecule has 3 nitrogen and oxygen atoms in total. The van der Waals surface area contributed by atoms with E-state index >= 15 is 0 Å². The summed E-state index contributed by atoms with van der Waals surface area (Å²) in [6, 6.07) is 14.1. The van der Waals surface area contributed by atoms with Gasteiger partial charge in [-0.3, -0.25) is 0 Å². The number of nitrogens with two attached hydrogens (primary N) is 1. The summed E-state index contributed by atoms with van der Waals surface area (Å²) in [7, 11) is 1.68. The first-order valence-corrected chi connectivity index (χ1v) is 8.76. The van der Waals surface area contributed by atoms with Crippen molar-refractivity contribution in [3.05, 3.63) is 70.2 Å². The maximum Gasteiger partial charge on any atom is 0.118 e. The molecular weight excluding hydrogens is 328 g/mol. The van der Waals surface area contributed by atoms with Crippen LogP contribution in [0.3, 0.4) is 0 Å². The molecule has 0 amide bonds. The van der Waals surface area contributed by atoms with E-state index in [0.717, 1.165) is 28.4 Å². The van der Waals surface area contributed by atoms with Crippen molar-refractivity contribution in [1.82, 2.24) is 0 Å².